The molecule has 1 heteroatoms. The second kappa shape index (κ2) is 4.95. The SMILES string of the molecule is Cc1cc(O)c(C(C)(C)C)cc1C1CCCCC1. The molecule has 1 aromatic carbocycles. The average molecular weight is 246 g/mol. The Morgan fingerprint density at radius 1 is 1.06 bits per heavy atom. The number of phenolic OH excluding ortho intramolecular Hbond substituents is 1. The molecule has 0 unspecified atom stereocenters. The molecule has 0 aromatic heterocycles. The summed E-state index contributed by atoms with van der Waals surface area (Å²) in [4.78, 5) is 0. The van der Waals surface area contributed by atoms with E-state index in [-0.39, 0.29) is 5.41 Å². The fourth-order valence-corrected chi connectivity index (χ4v) is 3.16. The van der Waals surface area contributed by atoms with Gasteiger partial charge in [0.15, 0.2) is 0 Å². The Bertz CT molecular complexity index is 420. The summed E-state index contributed by atoms with van der Waals surface area (Å²) < 4.78 is 0. The molecule has 0 radical (unpaired) electrons. The lowest BCUT2D eigenvalue weighted by Crippen LogP contribution is -2.14. The first-order valence-corrected chi connectivity index (χ1v) is 7.23. The normalized spacial score (nSPS) is 18.0. The number of aromatic hydroxyl groups is 1. The zero-order chi connectivity index (χ0) is 13.3. The van der Waals surface area contributed by atoms with Crippen LogP contribution in [0.4, 0.5) is 0 Å². The van der Waals surface area contributed by atoms with Crippen LogP contribution in [-0.4, -0.2) is 5.11 Å². The summed E-state index contributed by atoms with van der Waals surface area (Å²) in [6, 6.07) is 4.23. The van der Waals surface area contributed by atoms with Crippen molar-refractivity contribution in [2.45, 2.75) is 71.1 Å². The van der Waals surface area contributed by atoms with Crippen LogP contribution in [0.2, 0.25) is 0 Å². The zero-order valence-corrected chi connectivity index (χ0v) is 12.2. The predicted octanol–water partition coefficient (Wildman–Crippen LogP) is 5.05. The van der Waals surface area contributed by atoms with Gasteiger partial charge in [0.1, 0.15) is 5.75 Å². The molecule has 1 aliphatic carbocycles. The highest BCUT2D eigenvalue weighted by molar-refractivity contribution is 5.46. The van der Waals surface area contributed by atoms with Crippen molar-refractivity contribution in [2.75, 3.05) is 0 Å². The molecule has 100 valence electrons. The minimum Gasteiger partial charge on any atom is -0.508 e. The molecule has 0 amide bonds. The minimum atomic E-state index is 0.0151. The third-order valence-electron chi connectivity index (χ3n) is 4.24. The maximum absolute atomic E-state index is 10.1. The van der Waals surface area contributed by atoms with Gasteiger partial charge in [-0.2, -0.15) is 0 Å². The molecule has 1 saturated carbocycles. The predicted molar refractivity (Wildman–Crippen MR) is 77.4 cm³/mol. The second-order valence-electron chi connectivity index (χ2n) is 6.81. The number of phenols is 1. The van der Waals surface area contributed by atoms with E-state index >= 15 is 0 Å². The summed E-state index contributed by atoms with van der Waals surface area (Å²) in [5.41, 5.74) is 3.83. The molecule has 1 nitrogen and oxygen atoms in total. The highest BCUT2D eigenvalue weighted by Crippen LogP contribution is 2.39. The van der Waals surface area contributed by atoms with Gasteiger partial charge in [0.25, 0.3) is 0 Å². The molecule has 18 heavy (non-hydrogen) atoms. The van der Waals surface area contributed by atoms with Crippen LogP contribution < -0.4 is 0 Å². The van der Waals surface area contributed by atoms with Crippen LogP contribution in [0.5, 0.6) is 5.75 Å². The molecule has 0 atom stereocenters. The maximum Gasteiger partial charge on any atom is 0.119 e. The van der Waals surface area contributed by atoms with Gasteiger partial charge in [-0.25, -0.2) is 0 Å². The van der Waals surface area contributed by atoms with Gasteiger partial charge >= 0.3 is 0 Å². The zero-order valence-electron chi connectivity index (χ0n) is 12.2. The van der Waals surface area contributed by atoms with E-state index in [4.69, 9.17) is 0 Å². The molecule has 1 aliphatic rings. The van der Waals surface area contributed by atoms with Crippen molar-refractivity contribution in [3.05, 3.63) is 28.8 Å². The molecule has 0 spiro atoms. The molecule has 1 N–H and O–H groups in total. The third-order valence-corrected chi connectivity index (χ3v) is 4.24. The van der Waals surface area contributed by atoms with E-state index in [2.05, 4.69) is 33.8 Å². The molecule has 0 aliphatic heterocycles. The fourth-order valence-electron chi connectivity index (χ4n) is 3.16. The van der Waals surface area contributed by atoms with Crippen LogP contribution in [-0.2, 0) is 5.41 Å². The molecule has 0 saturated heterocycles. The molecular formula is C17H26O. The van der Waals surface area contributed by atoms with Gasteiger partial charge in [0, 0.05) is 0 Å². The van der Waals surface area contributed by atoms with Crippen molar-refractivity contribution < 1.29 is 5.11 Å². The second-order valence-corrected chi connectivity index (χ2v) is 6.81. The van der Waals surface area contributed by atoms with E-state index in [1.165, 1.54) is 43.2 Å². The Hall–Kier alpha value is -0.980. The lowest BCUT2D eigenvalue weighted by molar-refractivity contribution is 0.431. The number of aryl methyl sites for hydroxylation is 1. The summed E-state index contributed by atoms with van der Waals surface area (Å²) in [7, 11) is 0. The largest absolute Gasteiger partial charge is 0.508 e. The first-order valence-electron chi connectivity index (χ1n) is 7.23. The van der Waals surface area contributed by atoms with Gasteiger partial charge in [-0.3, -0.25) is 0 Å². The van der Waals surface area contributed by atoms with Gasteiger partial charge in [-0.05, 0) is 53.9 Å². The van der Waals surface area contributed by atoms with Gasteiger partial charge in [0.2, 0.25) is 0 Å². The van der Waals surface area contributed by atoms with Crippen LogP contribution >= 0.6 is 0 Å². The van der Waals surface area contributed by atoms with Gasteiger partial charge in [0.05, 0.1) is 0 Å². The van der Waals surface area contributed by atoms with Crippen LogP contribution in [0.25, 0.3) is 0 Å². The molecule has 1 fully saturated rings. The lowest BCUT2D eigenvalue weighted by atomic mass is 9.78. The Labute approximate surface area is 111 Å². The van der Waals surface area contributed by atoms with E-state index in [1.807, 2.05) is 6.07 Å². The third kappa shape index (κ3) is 2.71. The Morgan fingerprint density at radius 2 is 1.67 bits per heavy atom. The van der Waals surface area contributed by atoms with E-state index in [0.29, 0.717) is 11.7 Å². The first kappa shape index (κ1) is 13.5. The highest BCUT2D eigenvalue weighted by atomic mass is 16.3. The van der Waals surface area contributed by atoms with E-state index in [0.717, 1.165) is 5.56 Å². The minimum absolute atomic E-state index is 0.0151. The number of hydrogen-bond acceptors (Lipinski definition) is 1. The number of rotatable bonds is 1. The Kier molecular flexibility index (Phi) is 3.70. The number of benzene rings is 1. The Morgan fingerprint density at radius 3 is 2.22 bits per heavy atom. The van der Waals surface area contributed by atoms with Crippen molar-refractivity contribution in [3.63, 3.8) is 0 Å². The van der Waals surface area contributed by atoms with Crippen molar-refractivity contribution in [3.8, 4) is 5.75 Å². The summed E-state index contributed by atoms with van der Waals surface area (Å²) in [6.45, 7) is 8.64. The van der Waals surface area contributed by atoms with Crippen molar-refractivity contribution in [1.29, 1.82) is 0 Å². The first-order chi connectivity index (χ1) is 8.39. The maximum atomic E-state index is 10.1. The van der Waals surface area contributed by atoms with Crippen LogP contribution in [0.15, 0.2) is 12.1 Å². The van der Waals surface area contributed by atoms with Crippen LogP contribution in [0.3, 0.4) is 0 Å². The molecular weight excluding hydrogens is 220 g/mol. The standard InChI is InChI=1S/C17H26O/c1-12-10-16(18)15(17(2,3)4)11-14(12)13-8-6-5-7-9-13/h10-11,13,18H,5-9H2,1-4H3. The average Bonchev–Trinajstić information content (AvgIpc) is 2.28. The smallest absolute Gasteiger partial charge is 0.119 e. The van der Waals surface area contributed by atoms with Crippen molar-refractivity contribution in [1.82, 2.24) is 0 Å². The fraction of sp³-hybridized carbons (Fsp3) is 0.647. The van der Waals surface area contributed by atoms with Crippen molar-refractivity contribution >= 4 is 0 Å². The highest BCUT2D eigenvalue weighted by Gasteiger charge is 2.23. The summed E-state index contributed by atoms with van der Waals surface area (Å²) in [5, 5.41) is 10.1. The van der Waals surface area contributed by atoms with Gasteiger partial charge < -0.3 is 5.11 Å². The van der Waals surface area contributed by atoms with E-state index in [9.17, 15) is 5.11 Å². The van der Waals surface area contributed by atoms with Crippen LogP contribution in [0.1, 0.15) is 75.5 Å². The monoisotopic (exact) mass is 246 g/mol. The van der Waals surface area contributed by atoms with E-state index in [1.54, 1.807) is 0 Å². The summed E-state index contributed by atoms with van der Waals surface area (Å²) in [6.07, 6.45) is 6.73. The van der Waals surface area contributed by atoms with Crippen molar-refractivity contribution in [2.24, 2.45) is 0 Å². The van der Waals surface area contributed by atoms with E-state index < -0.39 is 0 Å². The lowest BCUT2D eigenvalue weighted by Gasteiger charge is -2.27. The summed E-state index contributed by atoms with van der Waals surface area (Å²) >= 11 is 0. The van der Waals surface area contributed by atoms with Gasteiger partial charge in [-0.1, -0.05) is 46.1 Å². The van der Waals surface area contributed by atoms with Crippen LogP contribution in [0, 0.1) is 6.92 Å². The summed E-state index contributed by atoms with van der Waals surface area (Å²) in [5.74, 6) is 1.17. The topological polar surface area (TPSA) is 20.2 Å². The number of hydrogen-bond donors (Lipinski definition) is 1. The van der Waals surface area contributed by atoms with Gasteiger partial charge in [-0.15, -0.1) is 0 Å². The quantitative estimate of drug-likeness (QED) is 0.735. The molecule has 0 heterocycles. The molecule has 0 bridgehead atoms. The molecule has 2 rings (SSSR count). The Balaban J connectivity index is 2.41. The molecule has 1 aromatic rings.